The van der Waals surface area contributed by atoms with Crippen LogP contribution in [0.5, 0.6) is 0 Å². The van der Waals surface area contributed by atoms with Crippen molar-refractivity contribution in [3.05, 3.63) is 34.3 Å². The van der Waals surface area contributed by atoms with Crippen molar-refractivity contribution in [1.82, 2.24) is 0 Å². The predicted molar refractivity (Wildman–Crippen MR) is 53.5 cm³/mol. The standard InChI is InChI=1S/C10H11ClN2/c1-7(13)2-8-3-9(6-12)5-10(11)4-8/h3-5,7H,2,13H2,1H3. The third-order valence-electron chi connectivity index (χ3n) is 1.64. The van der Waals surface area contributed by atoms with Crippen LogP contribution in [0, 0.1) is 11.3 Å². The number of nitrogens with two attached hydrogens (primary N) is 1. The summed E-state index contributed by atoms with van der Waals surface area (Å²) in [7, 11) is 0. The summed E-state index contributed by atoms with van der Waals surface area (Å²) < 4.78 is 0. The Labute approximate surface area is 82.9 Å². The SMILES string of the molecule is CC(N)Cc1cc(Cl)cc(C#N)c1. The molecular weight excluding hydrogens is 184 g/mol. The van der Waals surface area contributed by atoms with Crippen molar-refractivity contribution in [2.45, 2.75) is 19.4 Å². The summed E-state index contributed by atoms with van der Waals surface area (Å²) >= 11 is 5.82. The lowest BCUT2D eigenvalue weighted by Crippen LogP contribution is -2.17. The maximum absolute atomic E-state index is 8.68. The molecule has 0 aliphatic rings. The van der Waals surface area contributed by atoms with Crippen molar-refractivity contribution >= 4 is 11.6 Å². The fraction of sp³-hybridized carbons (Fsp3) is 0.300. The molecule has 1 aromatic carbocycles. The average molecular weight is 195 g/mol. The minimum absolute atomic E-state index is 0.0880. The van der Waals surface area contributed by atoms with Gasteiger partial charge in [-0.15, -0.1) is 0 Å². The lowest BCUT2D eigenvalue weighted by molar-refractivity contribution is 0.738. The molecule has 0 heterocycles. The minimum Gasteiger partial charge on any atom is -0.328 e. The van der Waals surface area contributed by atoms with E-state index >= 15 is 0 Å². The lowest BCUT2D eigenvalue weighted by atomic mass is 10.1. The Kier molecular flexibility index (Phi) is 3.30. The van der Waals surface area contributed by atoms with Crippen LogP contribution < -0.4 is 5.73 Å². The topological polar surface area (TPSA) is 49.8 Å². The predicted octanol–water partition coefficient (Wildman–Crippen LogP) is 2.10. The second-order valence-corrected chi connectivity index (χ2v) is 3.58. The maximum Gasteiger partial charge on any atom is 0.0992 e. The number of nitriles is 1. The normalized spacial score (nSPS) is 12.2. The molecule has 1 atom stereocenters. The zero-order chi connectivity index (χ0) is 9.84. The number of hydrogen-bond donors (Lipinski definition) is 1. The molecule has 3 heteroatoms. The molecule has 2 nitrogen and oxygen atoms in total. The Morgan fingerprint density at radius 1 is 1.54 bits per heavy atom. The van der Waals surface area contributed by atoms with E-state index in [-0.39, 0.29) is 6.04 Å². The average Bonchev–Trinajstić information content (AvgIpc) is 2.01. The molecule has 1 aromatic rings. The van der Waals surface area contributed by atoms with E-state index in [2.05, 4.69) is 6.07 Å². The number of rotatable bonds is 2. The van der Waals surface area contributed by atoms with E-state index in [4.69, 9.17) is 22.6 Å². The van der Waals surface area contributed by atoms with E-state index in [0.29, 0.717) is 10.6 Å². The van der Waals surface area contributed by atoms with Gasteiger partial charge in [-0.3, -0.25) is 0 Å². The van der Waals surface area contributed by atoms with Gasteiger partial charge in [-0.2, -0.15) is 5.26 Å². The first-order chi connectivity index (χ1) is 6.11. The number of hydrogen-bond acceptors (Lipinski definition) is 2. The van der Waals surface area contributed by atoms with E-state index in [1.54, 1.807) is 6.07 Å². The highest BCUT2D eigenvalue weighted by atomic mass is 35.5. The Morgan fingerprint density at radius 3 is 2.77 bits per heavy atom. The summed E-state index contributed by atoms with van der Waals surface area (Å²) in [6.07, 6.45) is 0.745. The van der Waals surface area contributed by atoms with Gasteiger partial charge in [0.1, 0.15) is 0 Å². The van der Waals surface area contributed by atoms with Crippen LogP contribution in [-0.2, 0) is 6.42 Å². The first-order valence-electron chi connectivity index (χ1n) is 4.07. The first kappa shape index (κ1) is 10.0. The van der Waals surface area contributed by atoms with Crippen molar-refractivity contribution in [2.75, 3.05) is 0 Å². The summed E-state index contributed by atoms with van der Waals surface area (Å²) in [5.74, 6) is 0. The molecule has 1 unspecified atom stereocenters. The van der Waals surface area contributed by atoms with Gasteiger partial charge >= 0.3 is 0 Å². The quantitative estimate of drug-likeness (QED) is 0.784. The van der Waals surface area contributed by atoms with Crippen LogP contribution in [0.1, 0.15) is 18.1 Å². The molecule has 13 heavy (non-hydrogen) atoms. The maximum atomic E-state index is 8.68. The lowest BCUT2D eigenvalue weighted by Gasteiger charge is -2.05. The van der Waals surface area contributed by atoms with Gasteiger partial charge in [0.2, 0.25) is 0 Å². The minimum atomic E-state index is 0.0880. The third kappa shape index (κ3) is 3.06. The molecule has 0 spiro atoms. The molecule has 68 valence electrons. The van der Waals surface area contributed by atoms with E-state index in [9.17, 15) is 0 Å². The molecule has 0 saturated heterocycles. The van der Waals surface area contributed by atoms with Gasteiger partial charge in [0.15, 0.2) is 0 Å². The van der Waals surface area contributed by atoms with Crippen LogP contribution in [0.3, 0.4) is 0 Å². The van der Waals surface area contributed by atoms with Crippen molar-refractivity contribution < 1.29 is 0 Å². The third-order valence-corrected chi connectivity index (χ3v) is 1.86. The summed E-state index contributed by atoms with van der Waals surface area (Å²) in [5.41, 5.74) is 7.24. The van der Waals surface area contributed by atoms with Crippen molar-refractivity contribution in [3.63, 3.8) is 0 Å². The summed E-state index contributed by atoms with van der Waals surface area (Å²) in [6.45, 7) is 1.92. The van der Waals surface area contributed by atoms with Gasteiger partial charge < -0.3 is 5.73 Å². The van der Waals surface area contributed by atoms with E-state index < -0.39 is 0 Å². The monoisotopic (exact) mass is 194 g/mol. The Hall–Kier alpha value is -1.04. The molecule has 1 rings (SSSR count). The van der Waals surface area contributed by atoms with Crippen LogP contribution in [0.4, 0.5) is 0 Å². The summed E-state index contributed by atoms with van der Waals surface area (Å²) in [6, 6.07) is 7.44. The van der Waals surface area contributed by atoms with Gasteiger partial charge in [-0.1, -0.05) is 11.6 Å². The molecule has 0 aliphatic carbocycles. The molecule has 0 aliphatic heterocycles. The molecule has 0 aromatic heterocycles. The van der Waals surface area contributed by atoms with E-state index in [1.807, 2.05) is 19.1 Å². The van der Waals surface area contributed by atoms with Gasteiger partial charge in [-0.25, -0.2) is 0 Å². The zero-order valence-corrected chi connectivity index (χ0v) is 8.17. The summed E-state index contributed by atoms with van der Waals surface area (Å²) in [5, 5.41) is 9.27. The van der Waals surface area contributed by atoms with Crippen LogP contribution in [0.2, 0.25) is 5.02 Å². The highest BCUT2D eigenvalue weighted by molar-refractivity contribution is 6.30. The van der Waals surface area contributed by atoms with Crippen LogP contribution in [-0.4, -0.2) is 6.04 Å². The fourth-order valence-corrected chi connectivity index (χ4v) is 1.46. The highest BCUT2D eigenvalue weighted by Gasteiger charge is 2.01. The highest BCUT2D eigenvalue weighted by Crippen LogP contribution is 2.15. The van der Waals surface area contributed by atoms with Gasteiger partial charge in [0.25, 0.3) is 0 Å². The van der Waals surface area contributed by atoms with Crippen LogP contribution in [0.15, 0.2) is 18.2 Å². The van der Waals surface area contributed by atoms with Crippen LogP contribution in [0.25, 0.3) is 0 Å². The van der Waals surface area contributed by atoms with E-state index in [1.165, 1.54) is 0 Å². The Balaban J connectivity index is 2.96. The van der Waals surface area contributed by atoms with Crippen molar-refractivity contribution in [1.29, 1.82) is 5.26 Å². The molecule has 2 N–H and O–H groups in total. The number of benzene rings is 1. The first-order valence-corrected chi connectivity index (χ1v) is 4.45. The molecular formula is C10H11ClN2. The largest absolute Gasteiger partial charge is 0.328 e. The van der Waals surface area contributed by atoms with Gasteiger partial charge in [0.05, 0.1) is 11.6 Å². The van der Waals surface area contributed by atoms with Gasteiger partial charge in [-0.05, 0) is 37.1 Å². The van der Waals surface area contributed by atoms with Crippen molar-refractivity contribution in [3.8, 4) is 6.07 Å². The molecule has 0 saturated carbocycles. The zero-order valence-electron chi connectivity index (χ0n) is 7.42. The number of nitrogens with zero attached hydrogens (tertiary/aromatic N) is 1. The fourth-order valence-electron chi connectivity index (χ4n) is 1.20. The van der Waals surface area contributed by atoms with E-state index in [0.717, 1.165) is 12.0 Å². The van der Waals surface area contributed by atoms with Crippen LogP contribution >= 0.6 is 11.6 Å². The van der Waals surface area contributed by atoms with Crippen molar-refractivity contribution in [2.24, 2.45) is 5.73 Å². The smallest absolute Gasteiger partial charge is 0.0992 e. The summed E-state index contributed by atoms with van der Waals surface area (Å²) in [4.78, 5) is 0. The second-order valence-electron chi connectivity index (χ2n) is 3.14. The molecule has 0 bridgehead atoms. The van der Waals surface area contributed by atoms with Gasteiger partial charge in [0, 0.05) is 11.1 Å². The number of halogens is 1. The molecule has 0 amide bonds. The second kappa shape index (κ2) is 4.27. The molecule has 0 fully saturated rings. The Morgan fingerprint density at radius 2 is 2.23 bits per heavy atom. The molecule has 0 radical (unpaired) electrons. The Bertz CT molecular complexity index is 339.